The third kappa shape index (κ3) is 5.51. The second-order valence-electron chi connectivity index (χ2n) is 9.47. The molecule has 0 unspecified atom stereocenters. The van der Waals surface area contributed by atoms with Gasteiger partial charge in [-0.15, -0.1) is 0 Å². The van der Waals surface area contributed by atoms with E-state index in [1.165, 1.54) is 16.9 Å². The van der Waals surface area contributed by atoms with E-state index in [1.807, 2.05) is 28.2 Å². The van der Waals surface area contributed by atoms with Crippen LogP contribution >= 0.6 is 0 Å². The Morgan fingerprint density at radius 1 is 0.571 bits per heavy atom. The van der Waals surface area contributed by atoms with Gasteiger partial charge >= 0.3 is 0 Å². The average molecular weight is 457 g/mol. The van der Waals surface area contributed by atoms with Crippen molar-refractivity contribution in [3.8, 4) is 23.7 Å². The number of hydrogen-bond acceptors (Lipinski definition) is 2. The van der Waals surface area contributed by atoms with E-state index in [4.69, 9.17) is 0 Å². The lowest BCUT2D eigenvalue weighted by molar-refractivity contribution is 0.865. The molecular formula is C33H32N2. The van der Waals surface area contributed by atoms with Crippen LogP contribution in [-0.4, -0.2) is 28.2 Å². The van der Waals surface area contributed by atoms with Crippen molar-refractivity contribution in [1.82, 2.24) is 0 Å². The van der Waals surface area contributed by atoms with E-state index >= 15 is 0 Å². The minimum Gasteiger partial charge on any atom is -0.378 e. The highest BCUT2D eigenvalue weighted by atomic mass is 15.1. The highest BCUT2D eigenvalue weighted by molar-refractivity contribution is 5.94. The third-order valence-electron chi connectivity index (χ3n) is 6.14. The molecule has 0 N–H and O–H groups in total. The molecule has 0 aliphatic carbocycles. The third-order valence-corrected chi connectivity index (χ3v) is 6.14. The minimum atomic E-state index is 0.333. The lowest BCUT2D eigenvalue weighted by Crippen LogP contribution is -2.07. The maximum absolute atomic E-state index is 3.50. The Balaban J connectivity index is 1.79. The lowest BCUT2D eigenvalue weighted by Gasteiger charge is -2.14. The zero-order valence-electron chi connectivity index (χ0n) is 21.5. The Morgan fingerprint density at radius 3 is 1.54 bits per heavy atom. The van der Waals surface area contributed by atoms with Crippen LogP contribution in [0.3, 0.4) is 0 Å². The van der Waals surface area contributed by atoms with Gasteiger partial charge < -0.3 is 9.80 Å². The van der Waals surface area contributed by atoms with Crippen LogP contribution in [-0.2, 0) is 0 Å². The van der Waals surface area contributed by atoms with Gasteiger partial charge in [-0.2, -0.15) is 0 Å². The molecule has 0 fully saturated rings. The standard InChI is InChI=1S/C33H32N2/c1-24(2)33-23-27(17-11-25-12-18-28(19-13-25)34(3)4)30-9-7-8-10-31(30)32(33)22-16-26-14-20-29(21-15-26)35(5)6/h7-10,12-15,18-21,23-24H,1-6H3. The summed E-state index contributed by atoms with van der Waals surface area (Å²) in [4.78, 5) is 4.19. The summed E-state index contributed by atoms with van der Waals surface area (Å²) in [6.07, 6.45) is 0. The van der Waals surface area contributed by atoms with Crippen LogP contribution in [0, 0.1) is 23.7 Å². The highest BCUT2D eigenvalue weighted by Gasteiger charge is 2.12. The molecule has 0 amide bonds. The van der Waals surface area contributed by atoms with Crippen LogP contribution in [0.2, 0.25) is 0 Å². The largest absolute Gasteiger partial charge is 0.378 e. The highest BCUT2D eigenvalue weighted by Crippen LogP contribution is 2.30. The molecule has 0 radical (unpaired) electrons. The van der Waals surface area contributed by atoms with Gasteiger partial charge in [0.1, 0.15) is 0 Å². The van der Waals surface area contributed by atoms with Crippen LogP contribution < -0.4 is 9.80 Å². The van der Waals surface area contributed by atoms with E-state index in [0.717, 1.165) is 33.0 Å². The molecule has 4 aromatic rings. The van der Waals surface area contributed by atoms with Gasteiger partial charge in [0.25, 0.3) is 0 Å². The molecule has 0 saturated carbocycles. The first-order valence-electron chi connectivity index (χ1n) is 12.0. The molecule has 0 atom stereocenters. The van der Waals surface area contributed by atoms with Gasteiger partial charge in [-0.1, -0.05) is 61.8 Å². The molecule has 0 spiro atoms. The summed E-state index contributed by atoms with van der Waals surface area (Å²) < 4.78 is 0. The number of rotatable bonds is 3. The maximum atomic E-state index is 3.50. The summed E-state index contributed by atoms with van der Waals surface area (Å²) in [5, 5.41) is 2.30. The molecule has 35 heavy (non-hydrogen) atoms. The Labute approximate surface area is 210 Å². The summed E-state index contributed by atoms with van der Waals surface area (Å²) in [6, 6.07) is 27.4. The first-order valence-corrected chi connectivity index (χ1v) is 12.0. The van der Waals surface area contributed by atoms with Crippen molar-refractivity contribution in [2.45, 2.75) is 19.8 Å². The molecule has 0 aromatic heterocycles. The van der Waals surface area contributed by atoms with Crippen molar-refractivity contribution in [2.24, 2.45) is 0 Å². The van der Waals surface area contributed by atoms with Crippen molar-refractivity contribution in [1.29, 1.82) is 0 Å². The van der Waals surface area contributed by atoms with Gasteiger partial charge in [0, 0.05) is 61.8 Å². The predicted octanol–water partition coefficient (Wildman–Crippen LogP) is 6.89. The van der Waals surface area contributed by atoms with Crippen LogP contribution in [0.1, 0.15) is 47.6 Å². The van der Waals surface area contributed by atoms with Gasteiger partial charge in [0.15, 0.2) is 0 Å². The summed E-state index contributed by atoms with van der Waals surface area (Å²) in [5.74, 6) is 14.1. The number of hydrogen-bond donors (Lipinski definition) is 0. The molecule has 2 nitrogen and oxygen atoms in total. The van der Waals surface area contributed by atoms with Crippen LogP contribution in [0.25, 0.3) is 10.8 Å². The molecule has 0 bridgehead atoms. The van der Waals surface area contributed by atoms with Gasteiger partial charge in [-0.3, -0.25) is 0 Å². The Bertz CT molecular complexity index is 1450. The molecule has 4 rings (SSSR count). The van der Waals surface area contributed by atoms with Gasteiger partial charge in [-0.05, 0) is 76.9 Å². The fourth-order valence-electron chi connectivity index (χ4n) is 4.06. The number of benzene rings is 4. The zero-order chi connectivity index (χ0) is 24.9. The van der Waals surface area contributed by atoms with Crippen LogP contribution in [0.15, 0.2) is 78.9 Å². The van der Waals surface area contributed by atoms with Gasteiger partial charge in [0.05, 0.1) is 0 Å². The maximum Gasteiger partial charge on any atom is 0.0363 e. The van der Waals surface area contributed by atoms with E-state index in [1.54, 1.807) is 0 Å². The first kappa shape index (κ1) is 24.0. The fourth-order valence-corrected chi connectivity index (χ4v) is 4.06. The van der Waals surface area contributed by atoms with E-state index in [0.29, 0.717) is 5.92 Å². The fraction of sp³-hybridized carbons (Fsp3) is 0.212. The first-order chi connectivity index (χ1) is 16.8. The molecular weight excluding hydrogens is 424 g/mol. The molecule has 0 heterocycles. The smallest absolute Gasteiger partial charge is 0.0363 e. The summed E-state index contributed by atoms with van der Waals surface area (Å²) in [5.41, 5.74) is 7.73. The Kier molecular flexibility index (Phi) is 7.14. The SMILES string of the molecule is CC(C)c1cc(C#Cc2ccc(N(C)C)cc2)c2ccccc2c1C#Cc1ccc(N(C)C)cc1. The summed E-state index contributed by atoms with van der Waals surface area (Å²) >= 11 is 0. The predicted molar refractivity (Wildman–Crippen MR) is 152 cm³/mol. The molecule has 0 aliphatic heterocycles. The molecule has 4 aromatic carbocycles. The second-order valence-corrected chi connectivity index (χ2v) is 9.47. The van der Waals surface area contributed by atoms with Crippen LogP contribution in [0.5, 0.6) is 0 Å². The van der Waals surface area contributed by atoms with E-state index < -0.39 is 0 Å². The topological polar surface area (TPSA) is 6.48 Å². The lowest BCUT2D eigenvalue weighted by atomic mass is 9.89. The monoisotopic (exact) mass is 456 g/mol. The average Bonchev–Trinajstić information content (AvgIpc) is 2.86. The van der Waals surface area contributed by atoms with E-state index in [9.17, 15) is 0 Å². The second kappa shape index (κ2) is 10.4. The summed E-state index contributed by atoms with van der Waals surface area (Å²) in [6.45, 7) is 4.44. The quantitative estimate of drug-likeness (QED) is 0.310. The van der Waals surface area contributed by atoms with E-state index in [-0.39, 0.29) is 0 Å². The molecule has 174 valence electrons. The number of anilines is 2. The summed E-state index contributed by atoms with van der Waals surface area (Å²) in [7, 11) is 8.18. The zero-order valence-corrected chi connectivity index (χ0v) is 21.5. The number of fused-ring (bicyclic) bond motifs is 1. The Hall–Kier alpha value is -4.14. The normalized spacial score (nSPS) is 10.4. The number of nitrogens with zero attached hydrogens (tertiary/aromatic N) is 2. The van der Waals surface area contributed by atoms with Crippen molar-refractivity contribution in [3.63, 3.8) is 0 Å². The van der Waals surface area contributed by atoms with Crippen LogP contribution in [0.4, 0.5) is 11.4 Å². The Morgan fingerprint density at radius 2 is 1.06 bits per heavy atom. The molecule has 0 saturated heterocycles. The van der Waals surface area contributed by atoms with Gasteiger partial charge in [-0.25, -0.2) is 0 Å². The van der Waals surface area contributed by atoms with Crippen molar-refractivity contribution in [3.05, 3.63) is 107 Å². The van der Waals surface area contributed by atoms with Crippen molar-refractivity contribution in [2.75, 3.05) is 38.0 Å². The minimum absolute atomic E-state index is 0.333. The molecule has 2 heteroatoms. The van der Waals surface area contributed by atoms with E-state index in [2.05, 4.69) is 126 Å². The van der Waals surface area contributed by atoms with Crippen molar-refractivity contribution < 1.29 is 0 Å². The van der Waals surface area contributed by atoms with Gasteiger partial charge in [0.2, 0.25) is 0 Å². The van der Waals surface area contributed by atoms with Crippen molar-refractivity contribution >= 4 is 22.1 Å². The molecule has 0 aliphatic rings.